The molecule has 6 heteroatoms. The van der Waals surface area contributed by atoms with Gasteiger partial charge in [0.2, 0.25) is 23.6 Å². The lowest BCUT2D eigenvalue weighted by Gasteiger charge is -2.51. The molecule has 4 aromatic rings. The van der Waals surface area contributed by atoms with Crippen molar-refractivity contribution in [1.29, 1.82) is 0 Å². The third kappa shape index (κ3) is 3.87. The second kappa shape index (κ2) is 10.3. The van der Waals surface area contributed by atoms with E-state index in [0.29, 0.717) is 0 Å². The van der Waals surface area contributed by atoms with Crippen LogP contribution in [0.4, 0.5) is 0 Å². The van der Waals surface area contributed by atoms with Crippen LogP contribution in [0.1, 0.15) is 22.3 Å². The van der Waals surface area contributed by atoms with Crippen LogP contribution >= 0.6 is 0 Å². The zero-order valence-electron chi connectivity index (χ0n) is 24.0. The molecule has 5 aliphatic rings. The normalized spacial score (nSPS) is 27.3. The maximum atomic E-state index is 14.4. The molecule has 44 heavy (non-hydrogen) atoms. The maximum absolute atomic E-state index is 14.4. The van der Waals surface area contributed by atoms with Crippen LogP contribution in [-0.2, 0) is 32.3 Å². The molecule has 9 rings (SSSR count). The molecule has 0 aromatic heterocycles. The first-order chi connectivity index (χ1) is 21.5. The van der Waals surface area contributed by atoms with Gasteiger partial charge in [-0.2, -0.15) is 0 Å². The molecule has 0 radical (unpaired) electrons. The number of imide groups is 2. The molecule has 2 heterocycles. The lowest BCUT2D eigenvalue weighted by Crippen LogP contribution is -2.53. The van der Waals surface area contributed by atoms with Gasteiger partial charge in [0.1, 0.15) is 0 Å². The smallest absolute Gasteiger partial charge is 0.234 e. The Labute approximate surface area is 255 Å². The third-order valence-electron chi connectivity index (χ3n) is 10.0. The molecule has 4 aromatic carbocycles. The van der Waals surface area contributed by atoms with Crippen LogP contribution in [0.15, 0.2) is 121 Å². The summed E-state index contributed by atoms with van der Waals surface area (Å²) in [6.45, 7) is 0.341. The predicted octanol–water partition coefficient (Wildman–Crippen LogP) is 5.46. The first-order valence-electron chi connectivity index (χ1n) is 15.2. The van der Waals surface area contributed by atoms with Crippen LogP contribution in [0.2, 0.25) is 0 Å². The number of likely N-dealkylation sites (tertiary alicyclic amines) is 2. The molecule has 2 bridgehead atoms. The molecule has 2 aliphatic heterocycles. The predicted molar refractivity (Wildman–Crippen MR) is 165 cm³/mol. The molecule has 6 nitrogen and oxygen atoms in total. The van der Waals surface area contributed by atoms with E-state index in [1.54, 1.807) is 0 Å². The number of benzene rings is 4. The monoisotopic (exact) mass is 578 g/mol. The number of carbonyl (C=O) groups is 4. The minimum absolute atomic E-state index is 0.170. The fourth-order valence-electron chi connectivity index (χ4n) is 8.36. The van der Waals surface area contributed by atoms with E-state index >= 15 is 0 Å². The van der Waals surface area contributed by atoms with Gasteiger partial charge in [-0.1, -0.05) is 121 Å². The molecule has 4 atom stereocenters. The van der Waals surface area contributed by atoms with Crippen LogP contribution in [0.3, 0.4) is 0 Å². The summed E-state index contributed by atoms with van der Waals surface area (Å²) in [6, 6.07) is 38.7. The minimum atomic E-state index is -0.714. The van der Waals surface area contributed by atoms with Crippen molar-refractivity contribution in [2.75, 3.05) is 0 Å². The van der Waals surface area contributed by atoms with E-state index < -0.39 is 35.5 Å². The molecular weight excluding hydrogens is 548 g/mol. The van der Waals surface area contributed by atoms with Gasteiger partial charge in [0.15, 0.2) is 0 Å². The van der Waals surface area contributed by atoms with E-state index in [2.05, 4.69) is 0 Å². The minimum Gasteiger partial charge on any atom is -0.278 e. The maximum Gasteiger partial charge on any atom is 0.234 e. The molecule has 1 saturated carbocycles. The van der Waals surface area contributed by atoms with Gasteiger partial charge < -0.3 is 0 Å². The molecule has 0 N–H and O–H groups in total. The van der Waals surface area contributed by atoms with E-state index in [1.807, 2.05) is 121 Å². The molecule has 4 amide bonds. The topological polar surface area (TPSA) is 74.8 Å². The Morgan fingerprint density at radius 2 is 0.636 bits per heavy atom. The van der Waals surface area contributed by atoms with Crippen LogP contribution < -0.4 is 0 Å². The summed E-state index contributed by atoms with van der Waals surface area (Å²) in [5, 5.41) is 0. The summed E-state index contributed by atoms with van der Waals surface area (Å²) in [5.74, 6) is -5.08. The largest absolute Gasteiger partial charge is 0.278 e. The van der Waals surface area contributed by atoms with Crippen LogP contribution in [0, 0.1) is 35.5 Å². The van der Waals surface area contributed by atoms with Gasteiger partial charge in [0, 0.05) is 11.8 Å². The standard InChI is InChI=1S/C38H30N2O4/c41-35-31-29-27(25-17-9-3-10-18-25)28(26-19-11-4-12-20-26)30(32(31)36(42)39(35)21-23-13-5-1-6-14-23)34-33(29)37(43)40(38(34)44)22-24-15-7-2-8-16-24/h1-20,29-34H,21-22H2. The fraction of sp³-hybridized carbons (Fsp3) is 0.211. The summed E-state index contributed by atoms with van der Waals surface area (Å²) in [6.07, 6.45) is 0. The highest BCUT2D eigenvalue weighted by Crippen LogP contribution is 2.66. The first-order valence-corrected chi connectivity index (χ1v) is 15.2. The Balaban J connectivity index is 1.32. The second-order valence-electron chi connectivity index (χ2n) is 12.2. The Kier molecular flexibility index (Phi) is 6.19. The average molecular weight is 579 g/mol. The number of carbonyl (C=O) groups excluding carboxylic acids is 4. The molecule has 2 saturated heterocycles. The molecule has 3 aliphatic carbocycles. The molecule has 216 valence electrons. The fourth-order valence-corrected chi connectivity index (χ4v) is 8.36. The molecular formula is C38H30N2O4. The highest BCUT2D eigenvalue weighted by Gasteiger charge is 2.72. The van der Waals surface area contributed by atoms with Crippen molar-refractivity contribution >= 4 is 34.8 Å². The van der Waals surface area contributed by atoms with Gasteiger partial charge in [0.05, 0.1) is 36.8 Å². The molecule has 4 unspecified atom stereocenters. The van der Waals surface area contributed by atoms with E-state index in [1.165, 1.54) is 9.80 Å². The Bertz CT molecular complexity index is 1640. The van der Waals surface area contributed by atoms with Crippen molar-refractivity contribution in [1.82, 2.24) is 9.80 Å². The van der Waals surface area contributed by atoms with E-state index in [0.717, 1.165) is 33.4 Å². The van der Waals surface area contributed by atoms with Gasteiger partial charge in [0.25, 0.3) is 0 Å². The molecule has 0 spiro atoms. The zero-order valence-corrected chi connectivity index (χ0v) is 24.0. The zero-order chi connectivity index (χ0) is 29.9. The summed E-state index contributed by atoms with van der Waals surface area (Å²) >= 11 is 0. The van der Waals surface area contributed by atoms with Gasteiger partial charge in [-0.25, -0.2) is 0 Å². The van der Waals surface area contributed by atoms with Crippen LogP contribution in [0.5, 0.6) is 0 Å². The van der Waals surface area contributed by atoms with Crippen molar-refractivity contribution < 1.29 is 19.2 Å². The van der Waals surface area contributed by atoms with Gasteiger partial charge >= 0.3 is 0 Å². The highest BCUT2D eigenvalue weighted by atomic mass is 16.2. The SMILES string of the molecule is O=C1C2C(C(=O)N1Cc1ccccc1)C1C(c3ccccc3)=C(c3ccccc3)C2C2C(=O)N(Cc3ccccc3)C(=O)C21. The van der Waals surface area contributed by atoms with E-state index in [-0.39, 0.29) is 36.7 Å². The lowest BCUT2D eigenvalue weighted by atomic mass is 9.48. The van der Waals surface area contributed by atoms with Crippen molar-refractivity contribution in [3.63, 3.8) is 0 Å². The van der Waals surface area contributed by atoms with Gasteiger partial charge in [-0.05, 0) is 33.4 Å². The summed E-state index contributed by atoms with van der Waals surface area (Å²) in [4.78, 5) is 60.3. The van der Waals surface area contributed by atoms with Crippen molar-refractivity contribution in [3.05, 3.63) is 144 Å². The summed E-state index contributed by atoms with van der Waals surface area (Å²) in [5.41, 5.74) is 5.38. The van der Waals surface area contributed by atoms with E-state index in [4.69, 9.17) is 0 Å². The number of hydrogen-bond acceptors (Lipinski definition) is 4. The summed E-state index contributed by atoms with van der Waals surface area (Å²) < 4.78 is 0. The Morgan fingerprint density at radius 1 is 0.364 bits per heavy atom. The third-order valence-corrected chi connectivity index (χ3v) is 10.0. The van der Waals surface area contributed by atoms with Gasteiger partial charge in [-0.15, -0.1) is 0 Å². The Hall–Kier alpha value is -5.10. The lowest BCUT2D eigenvalue weighted by molar-refractivity contribution is -0.140. The molecule has 3 fully saturated rings. The number of allylic oxidation sites excluding steroid dienone is 2. The highest BCUT2D eigenvalue weighted by molar-refractivity contribution is 6.16. The van der Waals surface area contributed by atoms with Gasteiger partial charge in [-0.3, -0.25) is 29.0 Å². The van der Waals surface area contributed by atoms with E-state index in [9.17, 15) is 19.2 Å². The number of hydrogen-bond donors (Lipinski definition) is 0. The Morgan fingerprint density at radius 3 is 0.932 bits per heavy atom. The van der Waals surface area contributed by atoms with Crippen molar-refractivity contribution in [3.8, 4) is 0 Å². The van der Waals surface area contributed by atoms with Crippen molar-refractivity contribution in [2.45, 2.75) is 13.1 Å². The number of amides is 4. The second-order valence-corrected chi connectivity index (χ2v) is 12.2. The van der Waals surface area contributed by atoms with Crippen LogP contribution in [0.25, 0.3) is 11.1 Å². The average Bonchev–Trinajstić information content (AvgIpc) is 3.48. The summed E-state index contributed by atoms with van der Waals surface area (Å²) in [7, 11) is 0. The quantitative estimate of drug-likeness (QED) is 0.285. The first kappa shape index (κ1) is 26.5. The number of rotatable bonds is 6. The van der Waals surface area contributed by atoms with Crippen LogP contribution in [-0.4, -0.2) is 33.4 Å². The number of nitrogens with zero attached hydrogens (tertiary/aromatic N) is 2. The van der Waals surface area contributed by atoms with Crippen molar-refractivity contribution in [2.24, 2.45) is 35.5 Å².